The second-order valence-electron chi connectivity index (χ2n) is 4.52. The van der Waals surface area contributed by atoms with Gasteiger partial charge in [0.05, 0.1) is 6.61 Å². The molecule has 4 heteroatoms. The van der Waals surface area contributed by atoms with Crippen molar-refractivity contribution < 1.29 is 14.6 Å². The average Bonchev–Trinajstić information content (AvgIpc) is 2.86. The number of thioether (sulfide) groups is 1. The molecule has 0 spiro atoms. The molecule has 0 saturated carbocycles. The first-order valence-electron chi connectivity index (χ1n) is 6.28. The Bertz CT molecular complexity index is 385. The molecule has 1 aliphatic heterocycles. The summed E-state index contributed by atoms with van der Waals surface area (Å²) < 4.78 is 5.03. The highest BCUT2D eigenvalue weighted by atomic mass is 32.2. The van der Waals surface area contributed by atoms with Gasteiger partial charge in [-0.05, 0) is 43.6 Å². The summed E-state index contributed by atoms with van der Waals surface area (Å²) in [5.74, 6) is 1.15. The molecule has 1 saturated heterocycles. The predicted molar refractivity (Wildman–Crippen MR) is 73.2 cm³/mol. The fourth-order valence-electron chi connectivity index (χ4n) is 2.23. The number of ether oxygens (including phenoxy) is 1. The second-order valence-corrected chi connectivity index (χ2v) is 5.99. The van der Waals surface area contributed by atoms with Gasteiger partial charge in [-0.15, -0.1) is 11.8 Å². The highest BCUT2D eigenvalue weighted by Crippen LogP contribution is 2.41. The van der Waals surface area contributed by atoms with Gasteiger partial charge in [0.25, 0.3) is 0 Å². The van der Waals surface area contributed by atoms with Crippen LogP contribution in [0, 0.1) is 0 Å². The Balaban J connectivity index is 1.76. The first kappa shape index (κ1) is 13.3. The molecule has 1 unspecified atom stereocenters. The van der Waals surface area contributed by atoms with E-state index < -0.39 is 10.7 Å². The molecule has 1 atom stereocenters. The maximum absolute atomic E-state index is 11.3. The van der Waals surface area contributed by atoms with Crippen LogP contribution in [0.2, 0.25) is 0 Å². The Morgan fingerprint density at radius 3 is 2.78 bits per heavy atom. The van der Waals surface area contributed by atoms with E-state index in [1.807, 2.05) is 30.3 Å². The molecule has 1 N–H and O–H groups in total. The summed E-state index contributed by atoms with van der Waals surface area (Å²) >= 11 is 1.59. The number of carbonyl (C=O) groups is 1. The summed E-state index contributed by atoms with van der Waals surface area (Å²) in [5, 5.41) is 9.32. The molecule has 0 aliphatic carbocycles. The number of benzene rings is 1. The van der Waals surface area contributed by atoms with Crippen LogP contribution in [0.15, 0.2) is 30.3 Å². The van der Waals surface area contributed by atoms with Crippen molar-refractivity contribution in [2.24, 2.45) is 0 Å². The van der Waals surface area contributed by atoms with E-state index in [1.54, 1.807) is 11.8 Å². The summed E-state index contributed by atoms with van der Waals surface area (Å²) in [6, 6.07) is 9.64. The van der Waals surface area contributed by atoms with Crippen LogP contribution < -0.4 is 4.74 Å². The Kier molecular flexibility index (Phi) is 4.53. The normalized spacial score (nSPS) is 22.9. The fraction of sp³-hybridized carbons (Fsp3) is 0.500. The van der Waals surface area contributed by atoms with Crippen LogP contribution in [0.4, 0.5) is 0 Å². The number of carboxylic acids is 1. The maximum atomic E-state index is 11.3. The standard InChI is InChI=1S/C14H18O3S/c15-13(16)14(9-5-11-18-14)8-4-10-17-12-6-2-1-3-7-12/h1-3,6-7H,4-5,8-11H2,(H,15,16). The first-order chi connectivity index (χ1) is 8.73. The summed E-state index contributed by atoms with van der Waals surface area (Å²) in [4.78, 5) is 11.3. The Morgan fingerprint density at radius 1 is 1.39 bits per heavy atom. The lowest BCUT2D eigenvalue weighted by atomic mass is 9.97. The number of aliphatic carboxylic acids is 1. The van der Waals surface area contributed by atoms with E-state index in [0.29, 0.717) is 13.0 Å². The third-order valence-electron chi connectivity index (χ3n) is 3.23. The number of hydrogen-bond acceptors (Lipinski definition) is 3. The Labute approximate surface area is 112 Å². The third kappa shape index (κ3) is 3.19. The summed E-state index contributed by atoms with van der Waals surface area (Å²) in [7, 11) is 0. The number of para-hydroxylation sites is 1. The minimum atomic E-state index is -0.662. The van der Waals surface area contributed by atoms with Gasteiger partial charge in [-0.3, -0.25) is 4.79 Å². The van der Waals surface area contributed by atoms with E-state index >= 15 is 0 Å². The second kappa shape index (κ2) is 6.14. The average molecular weight is 266 g/mol. The summed E-state index contributed by atoms with van der Waals surface area (Å²) in [5.41, 5.74) is 0. The van der Waals surface area contributed by atoms with Crippen molar-refractivity contribution in [3.8, 4) is 5.75 Å². The topological polar surface area (TPSA) is 46.5 Å². The van der Waals surface area contributed by atoms with E-state index in [1.165, 1.54) is 0 Å². The minimum absolute atomic E-state index is 0.556. The van der Waals surface area contributed by atoms with Crippen molar-refractivity contribution in [3.63, 3.8) is 0 Å². The third-order valence-corrected chi connectivity index (χ3v) is 4.86. The highest BCUT2D eigenvalue weighted by molar-refractivity contribution is 8.01. The van der Waals surface area contributed by atoms with Gasteiger partial charge >= 0.3 is 5.97 Å². The van der Waals surface area contributed by atoms with Gasteiger partial charge in [-0.2, -0.15) is 0 Å². The fourth-order valence-corrected chi connectivity index (χ4v) is 3.61. The van der Waals surface area contributed by atoms with Crippen LogP contribution >= 0.6 is 11.8 Å². The van der Waals surface area contributed by atoms with Crippen molar-refractivity contribution in [2.75, 3.05) is 12.4 Å². The molecule has 0 amide bonds. The quantitative estimate of drug-likeness (QED) is 0.803. The summed E-state index contributed by atoms with van der Waals surface area (Å²) in [6.07, 6.45) is 3.28. The van der Waals surface area contributed by atoms with E-state index in [4.69, 9.17) is 4.74 Å². The smallest absolute Gasteiger partial charge is 0.319 e. The molecule has 1 aromatic rings. The number of hydrogen-bond donors (Lipinski definition) is 1. The molecule has 0 bridgehead atoms. The van der Waals surface area contributed by atoms with E-state index in [-0.39, 0.29) is 0 Å². The Hall–Kier alpha value is -1.16. The Morgan fingerprint density at radius 2 is 2.17 bits per heavy atom. The van der Waals surface area contributed by atoms with Gasteiger partial charge in [-0.25, -0.2) is 0 Å². The van der Waals surface area contributed by atoms with Crippen LogP contribution in [0.25, 0.3) is 0 Å². The zero-order valence-corrected chi connectivity index (χ0v) is 11.1. The molecule has 1 aromatic carbocycles. The molecule has 3 nitrogen and oxygen atoms in total. The lowest BCUT2D eigenvalue weighted by molar-refractivity contribution is -0.140. The van der Waals surface area contributed by atoms with E-state index in [0.717, 1.165) is 30.8 Å². The van der Waals surface area contributed by atoms with E-state index in [2.05, 4.69) is 0 Å². The maximum Gasteiger partial charge on any atom is 0.319 e. The van der Waals surface area contributed by atoms with Crippen LogP contribution in [0.1, 0.15) is 25.7 Å². The lowest BCUT2D eigenvalue weighted by Gasteiger charge is -2.22. The molecule has 18 heavy (non-hydrogen) atoms. The summed E-state index contributed by atoms with van der Waals surface area (Å²) in [6.45, 7) is 0.583. The number of carboxylic acid groups (broad SMARTS) is 1. The van der Waals surface area contributed by atoms with Crippen molar-refractivity contribution in [3.05, 3.63) is 30.3 Å². The SMILES string of the molecule is O=C(O)C1(CCCOc2ccccc2)CCCS1. The molecule has 1 aliphatic rings. The zero-order valence-electron chi connectivity index (χ0n) is 10.3. The van der Waals surface area contributed by atoms with Crippen LogP contribution in [-0.2, 0) is 4.79 Å². The van der Waals surface area contributed by atoms with Gasteiger partial charge in [0.2, 0.25) is 0 Å². The molecule has 1 fully saturated rings. The largest absolute Gasteiger partial charge is 0.494 e. The molecular weight excluding hydrogens is 248 g/mol. The van der Waals surface area contributed by atoms with Gasteiger partial charge in [0.1, 0.15) is 10.5 Å². The van der Waals surface area contributed by atoms with Gasteiger partial charge < -0.3 is 9.84 Å². The van der Waals surface area contributed by atoms with Gasteiger partial charge in [0.15, 0.2) is 0 Å². The van der Waals surface area contributed by atoms with Gasteiger partial charge in [0, 0.05) is 0 Å². The molecule has 98 valence electrons. The molecule has 0 aromatic heterocycles. The predicted octanol–water partition coefficient (Wildman–Crippen LogP) is 3.20. The molecular formula is C14H18O3S. The first-order valence-corrected chi connectivity index (χ1v) is 7.27. The zero-order chi connectivity index (χ0) is 12.8. The molecule has 0 radical (unpaired) electrons. The van der Waals surface area contributed by atoms with Crippen LogP contribution in [0.5, 0.6) is 5.75 Å². The molecule has 1 heterocycles. The van der Waals surface area contributed by atoms with Crippen molar-refractivity contribution in [1.82, 2.24) is 0 Å². The van der Waals surface area contributed by atoms with Crippen molar-refractivity contribution >= 4 is 17.7 Å². The monoisotopic (exact) mass is 266 g/mol. The van der Waals surface area contributed by atoms with Gasteiger partial charge in [-0.1, -0.05) is 18.2 Å². The van der Waals surface area contributed by atoms with Crippen molar-refractivity contribution in [2.45, 2.75) is 30.4 Å². The van der Waals surface area contributed by atoms with Crippen molar-refractivity contribution in [1.29, 1.82) is 0 Å². The molecule has 2 rings (SSSR count). The van der Waals surface area contributed by atoms with E-state index in [9.17, 15) is 9.90 Å². The highest BCUT2D eigenvalue weighted by Gasteiger charge is 2.41. The van der Waals surface area contributed by atoms with Crippen LogP contribution in [0.3, 0.4) is 0 Å². The van der Waals surface area contributed by atoms with Crippen LogP contribution in [-0.4, -0.2) is 28.2 Å². The lowest BCUT2D eigenvalue weighted by Crippen LogP contribution is -2.32. The minimum Gasteiger partial charge on any atom is -0.494 e. The number of rotatable bonds is 6.